The van der Waals surface area contributed by atoms with Crippen molar-refractivity contribution in [2.45, 2.75) is 19.3 Å². The van der Waals surface area contributed by atoms with E-state index in [4.69, 9.17) is 20.7 Å². The summed E-state index contributed by atoms with van der Waals surface area (Å²) in [5.74, 6) is -0.796. The first-order valence-corrected chi connectivity index (χ1v) is 5.52. The lowest BCUT2D eigenvalue weighted by Gasteiger charge is -2.10. The van der Waals surface area contributed by atoms with Crippen molar-refractivity contribution < 1.29 is 19.7 Å². The molecule has 0 saturated carbocycles. The lowest BCUT2D eigenvalue weighted by atomic mass is 10.1. The highest BCUT2D eigenvalue weighted by molar-refractivity contribution is 5.96. The first-order valence-electron chi connectivity index (χ1n) is 5.52. The highest BCUT2D eigenvalue weighted by atomic mass is 16.5. The number of nitrogens with two attached hydrogens (primary N) is 1. The summed E-state index contributed by atoms with van der Waals surface area (Å²) in [5, 5.41) is 17.6. The highest BCUT2D eigenvalue weighted by Gasteiger charge is 2.14. The number of aliphatic hydroxyl groups excluding tert-OH is 1. The third kappa shape index (κ3) is 3.96. The molecule has 0 aliphatic carbocycles. The number of ether oxygens (including phenoxy) is 1. The van der Waals surface area contributed by atoms with Gasteiger partial charge in [0.1, 0.15) is 11.3 Å². The quantitative estimate of drug-likeness (QED) is 0.495. The number of carbonyl (C=O) groups is 1. The average Bonchev–Trinajstić information content (AvgIpc) is 2.28. The van der Waals surface area contributed by atoms with Gasteiger partial charge in [-0.1, -0.05) is 6.07 Å². The van der Waals surface area contributed by atoms with Gasteiger partial charge in [0.05, 0.1) is 6.61 Å². The van der Waals surface area contributed by atoms with Crippen LogP contribution in [0.2, 0.25) is 0 Å². The fourth-order valence-corrected chi connectivity index (χ4v) is 1.47. The van der Waals surface area contributed by atoms with Crippen LogP contribution in [0.5, 0.6) is 5.75 Å². The molecule has 0 aliphatic heterocycles. The summed E-state index contributed by atoms with van der Waals surface area (Å²) in [6.07, 6.45) is 2.35. The summed E-state index contributed by atoms with van der Waals surface area (Å²) >= 11 is 0. The van der Waals surface area contributed by atoms with Crippen LogP contribution in [0.25, 0.3) is 0 Å². The molecule has 94 valence electrons. The molecular formula is C12H17NO4. The van der Waals surface area contributed by atoms with Crippen LogP contribution in [0.15, 0.2) is 18.2 Å². The molecule has 0 aliphatic rings. The number of unbranched alkanes of at least 4 members (excludes halogenated alkanes) is 2. The average molecular weight is 239 g/mol. The molecule has 5 nitrogen and oxygen atoms in total. The predicted molar refractivity (Wildman–Crippen MR) is 64.2 cm³/mol. The third-order valence-corrected chi connectivity index (χ3v) is 2.33. The predicted octanol–water partition coefficient (Wildman–Crippen LogP) is 1.51. The van der Waals surface area contributed by atoms with Gasteiger partial charge in [-0.2, -0.15) is 0 Å². The van der Waals surface area contributed by atoms with Crippen LogP contribution in [0, 0.1) is 0 Å². The lowest BCUT2D eigenvalue weighted by molar-refractivity contribution is 0.0693. The zero-order chi connectivity index (χ0) is 12.7. The van der Waals surface area contributed by atoms with Crippen molar-refractivity contribution in [1.82, 2.24) is 0 Å². The molecule has 0 heterocycles. The van der Waals surface area contributed by atoms with Crippen LogP contribution in [0.3, 0.4) is 0 Å². The van der Waals surface area contributed by atoms with Gasteiger partial charge >= 0.3 is 5.97 Å². The normalized spacial score (nSPS) is 10.2. The second-order valence-electron chi connectivity index (χ2n) is 3.66. The van der Waals surface area contributed by atoms with E-state index in [1.807, 2.05) is 0 Å². The van der Waals surface area contributed by atoms with E-state index < -0.39 is 5.97 Å². The molecular weight excluding hydrogens is 222 g/mol. The lowest BCUT2D eigenvalue weighted by Crippen LogP contribution is -2.07. The van der Waals surface area contributed by atoms with Gasteiger partial charge in [-0.15, -0.1) is 0 Å². The maximum absolute atomic E-state index is 11.0. The molecule has 1 aromatic rings. The Morgan fingerprint density at radius 2 is 2.06 bits per heavy atom. The Kier molecular flexibility index (Phi) is 5.29. The monoisotopic (exact) mass is 239 g/mol. The molecule has 0 fully saturated rings. The van der Waals surface area contributed by atoms with Gasteiger partial charge in [-0.3, -0.25) is 0 Å². The van der Waals surface area contributed by atoms with Gasteiger partial charge in [0.2, 0.25) is 0 Å². The first-order chi connectivity index (χ1) is 8.16. The topological polar surface area (TPSA) is 92.8 Å². The molecule has 0 amide bonds. The summed E-state index contributed by atoms with van der Waals surface area (Å²) in [6.45, 7) is 0.586. The summed E-state index contributed by atoms with van der Waals surface area (Å²) in [4.78, 5) is 11.0. The van der Waals surface area contributed by atoms with Crippen molar-refractivity contribution in [3.8, 4) is 5.75 Å². The van der Waals surface area contributed by atoms with E-state index >= 15 is 0 Å². The molecule has 17 heavy (non-hydrogen) atoms. The summed E-state index contributed by atoms with van der Waals surface area (Å²) in [5.41, 5.74) is 5.79. The van der Waals surface area contributed by atoms with Crippen molar-refractivity contribution in [3.63, 3.8) is 0 Å². The fourth-order valence-electron chi connectivity index (χ4n) is 1.47. The minimum Gasteiger partial charge on any atom is -0.493 e. The van der Waals surface area contributed by atoms with Gasteiger partial charge in [-0.05, 0) is 31.4 Å². The number of benzene rings is 1. The number of carboxylic acids is 1. The zero-order valence-corrected chi connectivity index (χ0v) is 9.56. The number of hydrogen-bond donors (Lipinski definition) is 3. The number of rotatable bonds is 7. The molecule has 1 aromatic carbocycles. The van der Waals surface area contributed by atoms with Crippen LogP contribution >= 0.6 is 0 Å². The van der Waals surface area contributed by atoms with Crippen LogP contribution in [0.4, 0.5) is 5.69 Å². The Labute approximate surface area is 99.8 Å². The molecule has 0 aromatic heterocycles. The van der Waals surface area contributed by atoms with Crippen molar-refractivity contribution in [2.75, 3.05) is 18.9 Å². The van der Waals surface area contributed by atoms with Crippen molar-refractivity contribution in [2.24, 2.45) is 0 Å². The minimum absolute atomic E-state index is 0.00894. The number of carboxylic acid groups (broad SMARTS) is 1. The maximum atomic E-state index is 11.0. The van der Waals surface area contributed by atoms with E-state index in [2.05, 4.69) is 0 Å². The van der Waals surface area contributed by atoms with Crippen LogP contribution in [0.1, 0.15) is 29.6 Å². The number of nitrogen functional groups attached to an aromatic ring is 1. The molecule has 0 atom stereocenters. The number of aromatic carboxylic acids is 1. The molecule has 0 unspecified atom stereocenters. The SMILES string of the molecule is Nc1cccc(OCCCCCO)c1C(=O)O. The molecule has 0 bridgehead atoms. The van der Waals surface area contributed by atoms with Gasteiger partial charge in [0.15, 0.2) is 0 Å². The summed E-state index contributed by atoms with van der Waals surface area (Å²) in [6, 6.07) is 4.78. The molecule has 0 spiro atoms. The largest absolute Gasteiger partial charge is 0.493 e. The first kappa shape index (κ1) is 13.3. The Balaban J connectivity index is 2.58. The molecule has 1 rings (SSSR count). The van der Waals surface area contributed by atoms with E-state index in [9.17, 15) is 4.79 Å². The van der Waals surface area contributed by atoms with E-state index in [1.165, 1.54) is 6.07 Å². The van der Waals surface area contributed by atoms with E-state index in [0.717, 1.165) is 19.3 Å². The number of hydrogen-bond acceptors (Lipinski definition) is 4. The molecule has 0 saturated heterocycles. The molecule has 4 N–H and O–H groups in total. The molecule has 0 radical (unpaired) electrons. The Bertz CT molecular complexity index is 379. The maximum Gasteiger partial charge on any atom is 0.341 e. The van der Waals surface area contributed by atoms with Crippen LogP contribution < -0.4 is 10.5 Å². The van der Waals surface area contributed by atoms with Gasteiger partial charge < -0.3 is 20.7 Å². The fraction of sp³-hybridized carbons (Fsp3) is 0.417. The van der Waals surface area contributed by atoms with E-state index in [1.54, 1.807) is 12.1 Å². The van der Waals surface area contributed by atoms with Gasteiger partial charge in [-0.25, -0.2) is 4.79 Å². The molecule has 5 heteroatoms. The second kappa shape index (κ2) is 6.75. The standard InChI is InChI=1S/C12H17NO4/c13-9-5-4-6-10(11(9)12(15)16)17-8-3-1-2-7-14/h4-6,14H,1-3,7-8,13H2,(H,15,16). The summed E-state index contributed by atoms with van der Waals surface area (Å²) < 4.78 is 5.38. The van der Waals surface area contributed by atoms with E-state index in [-0.39, 0.29) is 17.9 Å². The van der Waals surface area contributed by atoms with Crippen LogP contribution in [-0.4, -0.2) is 29.4 Å². The number of aliphatic hydroxyl groups is 1. The van der Waals surface area contributed by atoms with Crippen molar-refractivity contribution >= 4 is 11.7 Å². The van der Waals surface area contributed by atoms with Crippen molar-refractivity contribution in [1.29, 1.82) is 0 Å². The smallest absolute Gasteiger partial charge is 0.341 e. The van der Waals surface area contributed by atoms with Crippen molar-refractivity contribution in [3.05, 3.63) is 23.8 Å². The van der Waals surface area contributed by atoms with Crippen LogP contribution in [-0.2, 0) is 0 Å². The third-order valence-electron chi connectivity index (χ3n) is 2.33. The zero-order valence-electron chi connectivity index (χ0n) is 9.56. The Morgan fingerprint density at radius 3 is 2.71 bits per heavy atom. The van der Waals surface area contributed by atoms with Gasteiger partial charge in [0.25, 0.3) is 0 Å². The number of anilines is 1. The Morgan fingerprint density at radius 1 is 1.29 bits per heavy atom. The Hall–Kier alpha value is -1.75. The van der Waals surface area contributed by atoms with Gasteiger partial charge in [0, 0.05) is 12.3 Å². The second-order valence-corrected chi connectivity index (χ2v) is 3.66. The highest BCUT2D eigenvalue weighted by Crippen LogP contribution is 2.24. The minimum atomic E-state index is -1.09. The summed E-state index contributed by atoms with van der Waals surface area (Å²) in [7, 11) is 0. The van der Waals surface area contributed by atoms with E-state index in [0.29, 0.717) is 12.4 Å².